The number of hydrogen-bond acceptors (Lipinski definition) is 3. The van der Waals surface area contributed by atoms with Gasteiger partial charge in [0, 0.05) is 32.8 Å². The molecule has 1 heterocycles. The maximum atomic E-state index is 5.74. The molecule has 0 fully saturated rings. The molecule has 19 heavy (non-hydrogen) atoms. The second-order valence-corrected chi connectivity index (χ2v) is 6.47. The summed E-state index contributed by atoms with van der Waals surface area (Å²) in [5, 5.41) is 0. The first-order valence-electron chi connectivity index (χ1n) is 6.15. The van der Waals surface area contributed by atoms with E-state index < -0.39 is 0 Å². The molecule has 0 spiro atoms. The predicted molar refractivity (Wildman–Crippen MR) is 83.8 cm³/mol. The number of thioether (sulfide) groups is 1. The van der Waals surface area contributed by atoms with Crippen molar-refractivity contribution >= 4 is 33.4 Å². The largest absolute Gasteiger partial charge is 0.493 e. The lowest BCUT2D eigenvalue weighted by molar-refractivity contribution is 0.354. The zero-order valence-corrected chi connectivity index (χ0v) is 12.8. The Hall–Kier alpha value is -1.13. The molecule has 2 nitrogen and oxygen atoms in total. The molecule has 0 saturated carbocycles. The fraction of sp³-hybridized carbons (Fsp3) is 0.200. The van der Waals surface area contributed by atoms with E-state index in [9.17, 15) is 0 Å². The number of ether oxygens (including phenoxy) is 1. The van der Waals surface area contributed by atoms with Gasteiger partial charge in [0.1, 0.15) is 5.75 Å². The van der Waals surface area contributed by atoms with Gasteiger partial charge in [0.25, 0.3) is 0 Å². The van der Waals surface area contributed by atoms with Crippen molar-refractivity contribution < 1.29 is 4.74 Å². The minimum Gasteiger partial charge on any atom is -0.493 e. The number of hydrogen-bond donors (Lipinski definition) is 1. The SMILES string of the molecule is Nc1ccc(SCc2cc(Br)cc3c2OCC3)cc1. The van der Waals surface area contributed by atoms with Crippen molar-refractivity contribution in [1.82, 2.24) is 0 Å². The molecule has 2 aromatic carbocycles. The van der Waals surface area contributed by atoms with Crippen molar-refractivity contribution in [3.05, 3.63) is 52.0 Å². The van der Waals surface area contributed by atoms with Crippen LogP contribution in [0.3, 0.4) is 0 Å². The van der Waals surface area contributed by atoms with E-state index in [0.29, 0.717) is 0 Å². The van der Waals surface area contributed by atoms with Gasteiger partial charge in [0.2, 0.25) is 0 Å². The third kappa shape index (κ3) is 2.90. The second-order valence-electron chi connectivity index (χ2n) is 4.51. The van der Waals surface area contributed by atoms with E-state index in [4.69, 9.17) is 10.5 Å². The van der Waals surface area contributed by atoms with Gasteiger partial charge >= 0.3 is 0 Å². The van der Waals surface area contributed by atoms with Gasteiger partial charge in [-0.25, -0.2) is 0 Å². The summed E-state index contributed by atoms with van der Waals surface area (Å²) < 4.78 is 6.87. The molecule has 3 rings (SSSR count). The average Bonchev–Trinajstić information content (AvgIpc) is 2.85. The topological polar surface area (TPSA) is 35.2 Å². The third-order valence-electron chi connectivity index (χ3n) is 3.10. The summed E-state index contributed by atoms with van der Waals surface area (Å²) in [5.41, 5.74) is 9.06. The first kappa shape index (κ1) is 12.9. The maximum Gasteiger partial charge on any atom is 0.126 e. The lowest BCUT2D eigenvalue weighted by atomic mass is 10.1. The smallest absolute Gasteiger partial charge is 0.126 e. The predicted octanol–water partition coefficient (Wildman–Crippen LogP) is 4.26. The molecule has 1 aliphatic rings. The van der Waals surface area contributed by atoms with Crippen LogP contribution < -0.4 is 10.5 Å². The normalized spacial score (nSPS) is 13.1. The Morgan fingerprint density at radius 1 is 1.21 bits per heavy atom. The summed E-state index contributed by atoms with van der Waals surface area (Å²) in [6, 6.07) is 12.3. The van der Waals surface area contributed by atoms with Gasteiger partial charge in [-0.1, -0.05) is 15.9 Å². The summed E-state index contributed by atoms with van der Waals surface area (Å²) in [7, 11) is 0. The van der Waals surface area contributed by atoms with Crippen molar-refractivity contribution in [2.24, 2.45) is 0 Å². The van der Waals surface area contributed by atoms with Crippen LogP contribution in [0.5, 0.6) is 5.75 Å². The Balaban J connectivity index is 1.78. The fourth-order valence-electron chi connectivity index (χ4n) is 2.18. The third-order valence-corrected chi connectivity index (χ3v) is 4.62. The van der Waals surface area contributed by atoms with Gasteiger partial charge in [-0.15, -0.1) is 11.8 Å². The van der Waals surface area contributed by atoms with E-state index in [0.717, 1.165) is 34.7 Å². The van der Waals surface area contributed by atoms with Gasteiger partial charge in [0.05, 0.1) is 6.61 Å². The van der Waals surface area contributed by atoms with Crippen molar-refractivity contribution in [3.8, 4) is 5.75 Å². The van der Waals surface area contributed by atoms with Gasteiger partial charge in [-0.2, -0.15) is 0 Å². The minimum atomic E-state index is 0.797. The van der Waals surface area contributed by atoms with Crippen molar-refractivity contribution in [2.45, 2.75) is 17.1 Å². The number of nitrogen functional groups attached to an aromatic ring is 1. The van der Waals surface area contributed by atoms with Crippen LogP contribution in [0.25, 0.3) is 0 Å². The number of nitrogens with two attached hydrogens (primary N) is 1. The number of halogens is 1. The molecule has 0 radical (unpaired) electrons. The van der Waals surface area contributed by atoms with E-state index in [1.54, 1.807) is 11.8 Å². The van der Waals surface area contributed by atoms with E-state index in [-0.39, 0.29) is 0 Å². The Labute approximate surface area is 125 Å². The van der Waals surface area contributed by atoms with Gasteiger partial charge < -0.3 is 10.5 Å². The highest BCUT2D eigenvalue weighted by molar-refractivity contribution is 9.10. The molecule has 0 bridgehead atoms. The van der Waals surface area contributed by atoms with Crippen LogP contribution in [-0.2, 0) is 12.2 Å². The summed E-state index contributed by atoms with van der Waals surface area (Å²) in [5.74, 6) is 1.98. The Morgan fingerprint density at radius 3 is 2.79 bits per heavy atom. The van der Waals surface area contributed by atoms with Crippen molar-refractivity contribution in [2.75, 3.05) is 12.3 Å². The Morgan fingerprint density at radius 2 is 2.00 bits per heavy atom. The Kier molecular flexibility index (Phi) is 3.71. The number of anilines is 1. The summed E-state index contributed by atoms with van der Waals surface area (Å²) in [6.07, 6.45) is 1.01. The summed E-state index contributed by atoms with van der Waals surface area (Å²) in [4.78, 5) is 1.22. The van der Waals surface area contributed by atoms with E-state index in [2.05, 4.69) is 40.2 Å². The molecule has 0 atom stereocenters. The quantitative estimate of drug-likeness (QED) is 0.672. The minimum absolute atomic E-state index is 0.797. The molecule has 2 aromatic rings. The Bertz CT molecular complexity index is 598. The first-order chi connectivity index (χ1) is 9.22. The van der Waals surface area contributed by atoms with Crippen LogP contribution in [0.1, 0.15) is 11.1 Å². The molecule has 0 aliphatic carbocycles. The molecule has 1 aliphatic heterocycles. The zero-order chi connectivity index (χ0) is 13.2. The van der Waals surface area contributed by atoms with E-state index in [1.807, 2.05) is 12.1 Å². The number of fused-ring (bicyclic) bond motifs is 1. The molecule has 0 saturated heterocycles. The van der Waals surface area contributed by atoms with Gasteiger partial charge in [-0.3, -0.25) is 0 Å². The van der Waals surface area contributed by atoms with Crippen LogP contribution >= 0.6 is 27.7 Å². The van der Waals surface area contributed by atoms with E-state index >= 15 is 0 Å². The lowest BCUT2D eigenvalue weighted by Crippen LogP contribution is -1.91. The fourth-order valence-corrected chi connectivity index (χ4v) is 3.60. The van der Waals surface area contributed by atoms with E-state index in [1.165, 1.54) is 16.0 Å². The maximum absolute atomic E-state index is 5.74. The van der Waals surface area contributed by atoms with Crippen LogP contribution in [0.15, 0.2) is 45.8 Å². The highest BCUT2D eigenvalue weighted by atomic mass is 79.9. The molecule has 98 valence electrons. The molecule has 0 unspecified atom stereocenters. The van der Waals surface area contributed by atoms with Crippen LogP contribution in [-0.4, -0.2) is 6.61 Å². The summed E-state index contributed by atoms with van der Waals surface area (Å²) >= 11 is 5.37. The monoisotopic (exact) mass is 335 g/mol. The number of benzene rings is 2. The summed E-state index contributed by atoms with van der Waals surface area (Å²) in [6.45, 7) is 0.797. The highest BCUT2D eigenvalue weighted by Crippen LogP contribution is 2.36. The van der Waals surface area contributed by atoms with Crippen molar-refractivity contribution in [1.29, 1.82) is 0 Å². The zero-order valence-electron chi connectivity index (χ0n) is 10.4. The second kappa shape index (κ2) is 5.47. The lowest BCUT2D eigenvalue weighted by Gasteiger charge is -2.09. The van der Waals surface area contributed by atoms with Gasteiger partial charge in [0.15, 0.2) is 0 Å². The van der Waals surface area contributed by atoms with Crippen LogP contribution in [0, 0.1) is 0 Å². The van der Waals surface area contributed by atoms with Crippen LogP contribution in [0.2, 0.25) is 0 Å². The molecular weight excluding hydrogens is 322 g/mol. The van der Waals surface area contributed by atoms with Crippen molar-refractivity contribution in [3.63, 3.8) is 0 Å². The standard InChI is InChI=1S/C15H14BrNOS/c16-12-7-10-5-6-18-15(10)11(8-12)9-19-14-3-1-13(17)2-4-14/h1-4,7-8H,5-6,9,17H2. The molecule has 4 heteroatoms. The molecule has 0 aromatic heterocycles. The average molecular weight is 336 g/mol. The number of rotatable bonds is 3. The molecule has 2 N–H and O–H groups in total. The highest BCUT2D eigenvalue weighted by Gasteiger charge is 2.17. The molecular formula is C15H14BrNOS. The molecule has 0 amide bonds. The van der Waals surface area contributed by atoms with Crippen LogP contribution in [0.4, 0.5) is 5.69 Å². The first-order valence-corrected chi connectivity index (χ1v) is 7.93. The van der Waals surface area contributed by atoms with Gasteiger partial charge in [-0.05, 0) is 42.0 Å².